The third-order valence-corrected chi connectivity index (χ3v) is 2.44. The van der Waals surface area contributed by atoms with Gasteiger partial charge >= 0.3 is 5.97 Å². The van der Waals surface area contributed by atoms with Crippen LogP contribution in [0.15, 0.2) is 42.5 Å². The maximum Gasteiger partial charge on any atom is 0.339 e. The molecule has 0 unspecified atom stereocenters. The first-order chi connectivity index (χ1) is 8.59. The number of carboxylic acids is 1. The van der Waals surface area contributed by atoms with E-state index in [1.54, 1.807) is 36.4 Å². The molecule has 0 aliphatic heterocycles. The summed E-state index contributed by atoms with van der Waals surface area (Å²) in [4.78, 5) is 11.0. The van der Waals surface area contributed by atoms with Gasteiger partial charge in [0.1, 0.15) is 11.3 Å². The number of rotatable bonds is 3. The third kappa shape index (κ3) is 2.20. The Balaban J connectivity index is 2.40. The number of carboxylic acid groups (broad SMARTS) is 1. The second kappa shape index (κ2) is 4.67. The number of ether oxygens (including phenoxy) is 1. The zero-order chi connectivity index (χ0) is 13.1. The molecule has 0 amide bonds. The number of carbonyl (C=O) groups is 1. The summed E-state index contributed by atoms with van der Waals surface area (Å²) in [6.45, 7) is 0. The smallest absolute Gasteiger partial charge is 0.339 e. The zero-order valence-electron chi connectivity index (χ0n) is 9.46. The van der Waals surface area contributed by atoms with Gasteiger partial charge in [0.05, 0.1) is 11.4 Å². The maximum absolute atomic E-state index is 11.0. The van der Waals surface area contributed by atoms with Gasteiger partial charge in [0.25, 0.3) is 0 Å². The van der Waals surface area contributed by atoms with E-state index in [0.717, 1.165) is 0 Å². The van der Waals surface area contributed by atoms with Crippen LogP contribution in [0, 0.1) is 0 Å². The molecule has 0 aliphatic carbocycles. The van der Waals surface area contributed by atoms with Gasteiger partial charge in [-0.15, -0.1) is 0 Å². The Morgan fingerprint density at radius 3 is 2.39 bits per heavy atom. The lowest BCUT2D eigenvalue weighted by Crippen LogP contribution is -2.02. The standard InChI is InChI=1S/C13H12N2O3/c14-9-5-3-7-11(12(9)15)18-10-6-2-1-4-8(10)13(16)17/h1-7H,14-15H2,(H,16,17). The Kier molecular flexibility index (Phi) is 3.05. The predicted octanol–water partition coefficient (Wildman–Crippen LogP) is 2.34. The van der Waals surface area contributed by atoms with Crippen LogP contribution in [0.5, 0.6) is 11.5 Å². The number of hydrogen-bond acceptors (Lipinski definition) is 4. The van der Waals surface area contributed by atoms with Gasteiger partial charge < -0.3 is 21.3 Å². The predicted molar refractivity (Wildman–Crippen MR) is 68.7 cm³/mol. The minimum atomic E-state index is -1.06. The highest BCUT2D eigenvalue weighted by Gasteiger charge is 2.12. The quantitative estimate of drug-likeness (QED) is 0.720. The van der Waals surface area contributed by atoms with Gasteiger partial charge in [-0.05, 0) is 24.3 Å². The number of aromatic carboxylic acids is 1. The van der Waals surface area contributed by atoms with Crippen LogP contribution in [0.4, 0.5) is 11.4 Å². The highest BCUT2D eigenvalue weighted by molar-refractivity contribution is 5.91. The van der Waals surface area contributed by atoms with Gasteiger partial charge in [-0.1, -0.05) is 18.2 Å². The molecule has 0 fully saturated rings. The molecular formula is C13H12N2O3. The molecule has 0 spiro atoms. The summed E-state index contributed by atoms with van der Waals surface area (Å²) in [5, 5.41) is 9.03. The first-order valence-corrected chi connectivity index (χ1v) is 5.23. The van der Waals surface area contributed by atoms with Crippen molar-refractivity contribution in [2.24, 2.45) is 0 Å². The topological polar surface area (TPSA) is 98.6 Å². The molecule has 0 heterocycles. The highest BCUT2D eigenvalue weighted by Crippen LogP contribution is 2.32. The maximum atomic E-state index is 11.0. The monoisotopic (exact) mass is 244 g/mol. The van der Waals surface area contributed by atoms with Gasteiger partial charge in [-0.3, -0.25) is 0 Å². The lowest BCUT2D eigenvalue weighted by atomic mass is 10.2. The summed E-state index contributed by atoms with van der Waals surface area (Å²) >= 11 is 0. The van der Waals surface area contributed by atoms with Gasteiger partial charge in [-0.2, -0.15) is 0 Å². The van der Waals surface area contributed by atoms with Crippen LogP contribution >= 0.6 is 0 Å². The molecule has 2 aromatic rings. The lowest BCUT2D eigenvalue weighted by molar-refractivity contribution is 0.0694. The molecule has 2 rings (SSSR count). The van der Waals surface area contributed by atoms with E-state index in [1.807, 2.05) is 0 Å². The number of nitrogen functional groups attached to an aromatic ring is 2. The number of hydrogen-bond donors (Lipinski definition) is 3. The minimum absolute atomic E-state index is 0.0688. The summed E-state index contributed by atoms with van der Waals surface area (Å²) < 4.78 is 5.50. The summed E-state index contributed by atoms with van der Waals surface area (Å²) in [5.74, 6) is -0.501. The molecule has 0 atom stereocenters. The van der Waals surface area contributed by atoms with E-state index in [9.17, 15) is 4.79 Å². The minimum Gasteiger partial charge on any atom is -0.478 e. The zero-order valence-corrected chi connectivity index (χ0v) is 9.46. The van der Waals surface area contributed by atoms with Crippen molar-refractivity contribution < 1.29 is 14.6 Å². The van der Waals surface area contributed by atoms with Crippen LogP contribution in [0.2, 0.25) is 0 Å². The van der Waals surface area contributed by atoms with Crippen LogP contribution in [0.3, 0.4) is 0 Å². The molecule has 0 bridgehead atoms. The number of benzene rings is 2. The van der Waals surface area contributed by atoms with Crippen molar-refractivity contribution in [3.05, 3.63) is 48.0 Å². The first-order valence-electron chi connectivity index (χ1n) is 5.23. The van der Waals surface area contributed by atoms with Crippen molar-refractivity contribution in [2.45, 2.75) is 0 Å². The highest BCUT2D eigenvalue weighted by atomic mass is 16.5. The van der Waals surface area contributed by atoms with E-state index in [1.165, 1.54) is 6.07 Å². The molecule has 92 valence electrons. The summed E-state index contributed by atoms with van der Waals surface area (Å²) in [7, 11) is 0. The fraction of sp³-hybridized carbons (Fsp3) is 0. The van der Waals surface area contributed by atoms with E-state index in [-0.39, 0.29) is 17.0 Å². The summed E-state index contributed by atoms with van der Waals surface area (Å²) in [6, 6.07) is 11.3. The molecule has 0 saturated carbocycles. The van der Waals surface area contributed by atoms with Crippen molar-refractivity contribution >= 4 is 17.3 Å². The average molecular weight is 244 g/mol. The molecule has 18 heavy (non-hydrogen) atoms. The van der Waals surface area contributed by atoms with Crippen molar-refractivity contribution in [1.82, 2.24) is 0 Å². The Labute approximate surface area is 104 Å². The Hall–Kier alpha value is -2.69. The molecule has 5 nitrogen and oxygen atoms in total. The number of para-hydroxylation sites is 2. The Morgan fingerprint density at radius 2 is 1.67 bits per heavy atom. The van der Waals surface area contributed by atoms with Gasteiger partial charge in [0, 0.05) is 0 Å². The molecule has 0 saturated heterocycles. The van der Waals surface area contributed by atoms with E-state index in [4.69, 9.17) is 21.3 Å². The Morgan fingerprint density at radius 1 is 1.00 bits per heavy atom. The van der Waals surface area contributed by atoms with E-state index in [2.05, 4.69) is 0 Å². The largest absolute Gasteiger partial charge is 0.478 e. The Bertz CT molecular complexity index is 597. The number of nitrogens with two attached hydrogens (primary N) is 2. The first kappa shape index (κ1) is 11.8. The molecule has 2 aromatic carbocycles. The van der Waals surface area contributed by atoms with Gasteiger partial charge in [0.15, 0.2) is 5.75 Å². The molecule has 5 heteroatoms. The van der Waals surface area contributed by atoms with E-state index >= 15 is 0 Å². The molecular weight excluding hydrogens is 232 g/mol. The second-order valence-electron chi connectivity index (χ2n) is 3.66. The van der Waals surface area contributed by atoms with E-state index in [0.29, 0.717) is 11.4 Å². The summed E-state index contributed by atoms with van der Waals surface area (Å²) in [5.41, 5.74) is 12.2. The molecule has 0 aliphatic rings. The van der Waals surface area contributed by atoms with Crippen LogP contribution in [0.25, 0.3) is 0 Å². The lowest BCUT2D eigenvalue weighted by Gasteiger charge is -2.11. The third-order valence-electron chi connectivity index (χ3n) is 2.44. The van der Waals surface area contributed by atoms with Crippen molar-refractivity contribution in [1.29, 1.82) is 0 Å². The fourth-order valence-corrected chi connectivity index (χ4v) is 1.50. The van der Waals surface area contributed by atoms with Crippen molar-refractivity contribution in [2.75, 3.05) is 11.5 Å². The van der Waals surface area contributed by atoms with Crippen LogP contribution in [0.1, 0.15) is 10.4 Å². The van der Waals surface area contributed by atoms with Crippen molar-refractivity contribution in [3.8, 4) is 11.5 Å². The van der Waals surface area contributed by atoms with Gasteiger partial charge in [-0.25, -0.2) is 4.79 Å². The SMILES string of the molecule is Nc1cccc(Oc2ccccc2C(=O)O)c1N. The molecule has 5 N–H and O–H groups in total. The van der Waals surface area contributed by atoms with Gasteiger partial charge in [0.2, 0.25) is 0 Å². The van der Waals surface area contributed by atoms with Crippen LogP contribution in [-0.2, 0) is 0 Å². The van der Waals surface area contributed by atoms with Crippen LogP contribution in [-0.4, -0.2) is 11.1 Å². The van der Waals surface area contributed by atoms with Crippen molar-refractivity contribution in [3.63, 3.8) is 0 Å². The molecule has 0 radical (unpaired) electrons. The second-order valence-corrected chi connectivity index (χ2v) is 3.66. The average Bonchev–Trinajstić information content (AvgIpc) is 2.35. The number of anilines is 2. The fourth-order valence-electron chi connectivity index (χ4n) is 1.50. The normalized spacial score (nSPS) is 10.0. The van der Waals surface area contributed by atoms with E-state index < -0.39 is 5.97 Å². The van der Waals surface area contributed by atoms with Crippen LogP contribution < -0.4 is 16.2 Å². The summed E-state index contributed by atoms with van der Waals surface area (Å²) in [6.07, 6.45) is 0. The molecule has 0 aromatic heterocycles.